The summed E-state index contributed by atoms with van der Waals surface area (Å²) in [5.41, 5.74) is 1.02. The highest BCUT2D eigenvalue weighted by atomic mass is 32.1. The maximum Gasteiger partial charge on any atom is 0.261 e. The molecule has 6 nitrogen and oxygen atoms in total. The molecule has 0 saturated carbocycles. The summed E-state index contributed by atoms with van der Waals surface area (Å²) in [7, 11) is 1.75. The summed E-state index contributed by atoms with van der Waals surface area (Å²) in [6.07, 6.45) is 1.59. The molecule has 1 aromatic heterocycles. The van der Waals surface area contributed by atoms with E-state index in [1.54, 1.807) is 42.6 Å². The summed E-state index contributed by atoms with van der Waals surface area (Å²) in [4.78, 5) is 31.6. The Morgan fingerprint density at radius 2 is 1.79 bits per heavy atom. The molecule has 2 N–H and O–H groups in total. The van der Waals surface area contributed by atoms with Gasteiger partial charge in [-0.2, -0.15) is 0 Å². The maximum absolute atomic E-state index is 12.3. The molecular formula is C21H26N4O2S. The predicted molar refractivity (Wildman–Crippen MR) is 113 cm³/mol. The van der Waals surface area contributed by atoms with E-state index in [2.05, 4.69) is 40.1 Å². The minimum absolute atomic E-state index is 0.186. The molecule has 0 fully saturated rings. The Kier molecular flexibility index (Phi) is 6.81. The van der Waals surface area contributed by atoms with E-state index in [1.807, 2.05) is 0 Å². The van der Waals surface area contributed by atoms with Gasteiger partial charge in [0.15, 0.2) is 5.96 Å². The third kappa shape index (κ3) is 4.59. The van der Waals surface area contributed by atoms with Gasteiger partial charge in [-0.05, 0) is 36.4 Å². The van der Waals surface area contributed by atoms with Crippen LogP contribution < -0.4 is 10.6 Å². The van der Waals surface area contributed by atoms with E-state index in [4.69, 9.17) is 0 Å². The van der Waals surface area contributed by atoms with Crippen LogP contribution in [0.4, 0.5) is 0 Å². The van der Waals surface area contributed by atoms with Crippen molar-refractivity contribution in [2.75, 3.05) is 26.7 Å². The van der Waals surface area contributed by atoms with Crippen LogP contribution in [0.2, 0.25) is 0 Å². The molecule has 28 heavy (non-hydrogen) atoms. The Bertz CT molecular complexity index is 813. The number of nitrogens with zero attached hydrogens (tertiary/aromatic N) is 2. The van der Waals surface area contributed by atoms with E-state index in [9.17, 15) is 9.59 Å². The predicted octanol–water partition coefficient (Wildman–Crippen LogP) is 3.09. The third-order valence-corrected chi connectivity index (χ3v) is 5.91. The second kappa shape index (κ2) is 9.50. The highest BCUT2D eigenvalue weighted by Gasteiger charge is 2.34. The molecular weight excluding hydrogens is 372 g/mol. The number of aliphatic imine (C=N–C) groups is 1. The van der Waals surface area contributed by atoms with Crippen molar-refractivity contribution in [2.24, 2.45) is 4.99 Å². The van der Waals surface area contributed by atoms with Crippen molar-refractivity contribution in [3.05, 3.63) is 57.8 Å². The van der Waals surface area contributed by atoms with Gasteiger partial charge in [-0.1, -0.05) is 25.1 Å². The monoisotopic (exact) mass is 398 g/mol. The number of nitrogens with one attached hydrogen (secondary N) is 2. The number of amides is 2. The zero-order valence-corrected chi connectivity index (χ0v) is 17.1. The van der Waals surface area contributed by atoms with Crippen LogP contribution >= 0.6 is 11.3 Å². The van der Waals surface area contributed by atoms with Crippen LogP contribution in [0.15, 0.2) is 46.8 Å². The van der Waals surface area contributed by atoms with Gasteiger partial charge in [-0.15, -0.1) is 11.3 Å². The van der Waals surface area contributed by atoms with E-state index < -0.39 is 0 Å². The van der Waals surface area contributed by atoms with Gasteiger partial charge >= 0.3 is 0 Å². The average molecular weight is 399 g/mol. The Balaban J connectivity index is 1.36. The first-order valence-electron chi connectivity index (χ1n) is 9.55. The molecule has 7 heteroatoms. The zero-order valence-electron chi connectivity index (χ0n) is 16.3. The van der Waals surface area contributed by atoms with Crippen LogP contribution in [0.25, 0.3) is 0 Å². The number of rotatable bonds is 8. The zero-order chi connectivity index (χ0) is 19.9. The molecule has 2 aromatic rings. The average Bonchev–Trinajstić information content (AvgIpc) is 3.33. The largest absolute Gasteiger partial charge is 0.356 e. The van der Waals surface area contributed by atoms with Crippen LogP contribution in [-0.2, 0) is 0 Å². The van der Waals surface area contributed by atoms with Crippen molar-refractivity contribution < 1.29 is 9.59 Å². The van der Waals surface area contributed by atoms with E-state index >= 15 is 0 Å². The standard InChI is InChI=1S/C21H26N4O2S/c1-15(18-10-7-13-28-18)14-24-21(22-2)23-11-5-6-12-25-19(26)16-8-3-4-9-17(16)20(25)27/h3-4,7-10,13,15H,5-6,11-12,14H2,1-2H3,(H2,22,23,24). The molecule has 0 spiro atoms. The van der Waals surface area contributed by atoms with Gasteiger partial charge in [0.25, 0.3) is 11.8 Å². The summed E-state index contributed by atoms with van der Waals surface area (Å²) in [6, 6.07) is 11.2. The molecule has 1 aliphatic rings. The number of fused-ring (bicyclic) bond motifs is 1. The number of hydrogen-bond acceptors (Lipinski definition) is 4. The number of guanidine groups is 1. The molecule has 148 valence electrons. The number of unbranched alkanes of at least 4 members (excludes halogenated alkanes) is 1. The highest BCUT2D eigenvalue weighted by molar-refractivity contribution is 7.10. The Morgan fingerprint density at radius 1 is 1.07 bits per heavy atom. The third-order valence-electron chi connectivity index (χ3n) is 4.81. The second-order valence-corrected chi connectivity index (χ2v) is 7.79. The number of benzene rings is 1. The number of imide groups is 1. The van der Waals surface area contributed by atoms with Gasteiger partial charge in [0.1, 0.15) is 0 Å². The Labute approximate surface area is 169 Å². The fourth-order valence-corrected chi connectivity index (χ4v) is 3.97. The number of carbonyl (C=O) groups is 2. The SMILES string of the molecule is CN=C(NCCCCN1C(=O)c2ccccc2C1=O)NCC(C)c1cccs1. The molecule has 0 aliphatic carbocycles. The molecule has 3 rings (SSSR count). The lowest BCUT2D eigenvalue weighted by Gasteiger charge is -2.16. The van der Waals surface area contributed by atoms with Gasteiger partial charge in [0.05, 0.1) is 11.1 Å². The van der Waals surface area contributed by atoms with E-state index in [-0.39, 0.29) is 11.8 Å². The molecule has 0 bridgehead atoms. The lowest BCUT2D eigenvalue weighted by atomic mass is 10.1. The summed E-state index contributed by atoms with van der Waals surface area (Å²) in [5, 5.41) is 8.72. The topological polar surface area (TPSA) is 73.8 Å². The van der Waals surface area contributed by atoms with Crippen LogP contribution in [-0.4, -0.2) is 49.4 Å². The van der Waals surface area contributed by atoms with Crippen LogP contribution in [0, 0.1) is 0 Å². The molecule has 1 aliphatic heterocycles. The van der Waals surface area contributed by atoms with E-state index in [1.165, 1.54) is 9.78 Å². The van der Waals surface area contributed by atoms with Crippen molar-refractivity contribution in [2.45, 2.75) is 25.7 Å². The van der Waals surface area contributed by atoms with Crippen LogP contribution in [0.1, 0.15) is 51.3 Å². The minimum atomic E-state index is -0.186. The lowest BCUT2D eigenvalue weighted by molar-refractivity contribution is 0.0652. The van der Waals surface area contributed by atoms with Gasteiger partial charge in [0.2, 0.25) is 0 Å². The van der Waals surface area contributed by atoms with Gasteiger partial charge < -0.3 is 10.6 Å². The van der Waals surface area contributed by atoms with Crippen molar-refractivity contribution >= 4 is 29.1 Å². The van der Waals surface area contributed by atoms with E-state index in [0.29, 0.717) is 23.6 Å². The normalized spacial score (nSPS) is 14.9. The Morgan fingerprint density at radius 3 is 2.39 bits per heavy atom. The quantitative estimate of drug-likeness (QED) is 0.310. The van der Waals surface area contributed by atoms with Gasteiger partial charge in [-0.3, -0.25) is 19.5 Å². The molecule has 2 amide bonds. The van der Waals surface area contributed by atoms with Crippen LogP contribution in [0.3, 0.4) is 0 Å². The molecule has 1 unspecified atom stereocenters. The van der Waals surface area contributed by atoms with E-state index in [0.717, 1.165) is 31.9 Å². The number of hydrogen-bond donors (Lipinski definition) is 2. The summed E-state index contributed by atoms with van der Waals surface area (Å²) >= 11 is 1.76. The first-order valence-corrected chi connectivity index (χ1v) is 10.4. The molecule has 1 aromatic carbocycles. The van der Waals surface area contributed by atoms with Crippen molar-refractivity contribution in [1.82, 2.24) is 15.5 Å². The second-order valence-electron chi connectivity index (χ2n) is 6.81. The van der Waals surface area contributed by atoms with Crippen molar-refractivity contribution in [3.8, 4) is 0 Å². The molecule has 1 atom stereocenters. The molecule has 0 radical (unpaired) electrons. The first kappa shape index (κ1) is 20.1. The fraction of sp³-hybridized carbons (Fsp3) is 0.381. The highest BCUT2D eigenvalue weighted by Crippen LogP contribution is 2.22. The lowest BCUT2D eigenvalue weighted by Crippen LogP contribution is -2.39. The number of carbonyl (C=O) groups excluding carboxylic acids is 2. The molecule has 2 heterocycles. The van der Waals surface area contributed by atoms with Crippen molar-refractivity contribution in [1.29, 1.82) is 0 Å². The Hall–Kier alpha value is -2.67. The van der Waals surface area contributed by atoms with Gasteiger partial charge in [-0.25, -0.2) is 0 Å². The smallest absolute Gasteiger partial charge is 0.261 e. The fourth-order valence-electron chi connectivity index (χ4n) is 3.19. The summed E-state index contributed by atoms with van der Waals surface area (Å²) in [6.45, 7) is 4.18. The first-order chi connectivity index (χ1) is 13.6. The van der Waals surface area contributed by atoms with Gasteiger partial charge in [0, 0.05) is 37.5 Å². The van der Waals surface area contributed by atoms with Crippen LogP contribution in [0.5, 0.6) is 0 Å². The van der Waals surface area contributed by atoms with Crippen molar-refractivity contribution in [3.63, 3.8) is 0 Å². The summed E-state index contributed by atoms with van der Waals surface area (Å²) < 4.78 is 0. The molecule has 0 saturated heterocycles. The maximum atomic E-state index is 12.3. The summed E-state index contributed by atoms with van der Waals surface area (Å²) in [5.74, 6) is 0.818. The minimum Gasteiger partial charge on any atom is -0.356 e. The number of thiophene rings is 1.